The van der Waals surface area contributed by atoms with Crippen LogP contribution in [0.5, 0.6) is 12.0 Å². The molecule has 0 aromatic carbocycles. The highest BCUT2D eigenvalue weighted by Crippen LogP contribution is 2.13. The first-order valence-corrected chi connectivity index (χ1v) is 4.34. The Morgan fingerprint density at radius 3 is 1.93 bits per heavy atom. The zero-order valence-electron chi connectivity index (χ0n) is 7.33. The van der Waals surface area contributed by atoms with E-state index in [4.69, 9.17) is 0 Å². The summed E-state index contributed by atoms with van der Waals surface area (Å²) in [4.78, 5) is 10.8. The normalized spacial score (nSPS) is 9.29. The Balaban J connectivity index is 3.24. The Labute approximate surface area is 80.6 Å². The molecular weight excluding hydrogens is 212 g/mol. The van der Waals surface area contributed by atoms with Crippen LogP contribution < -0.4 is 9.47 Å². The lowest BCUT2D eigenvalue weighted by molar-refractivity contribution is 0.341. The third-order valence-electron chi connectivity index (χ3n) is 1.10. The molecule has 0 saturated heterocycles. The molecule has 9 heteroatoms. The Morgan fingerprint density at radius 1 is 1.07 bits per heavy atom. The molecule has 0 aliphatic heterocycles. The highest BCUT2D eigenvalue weighted by Gasteiger charge is 2.05. The molecule has 0 bridgehead atoms. The molecule has 0 aliphatic carbocycles. The number of nitrogens with zero attached hydrogens (tertiary/aromatic N) is 4. The van der Waals surface area contributed by atoms with Gasteiger partial charge in [-0.05, 0) is 0 Å². The lowest BCUT2D eigenvalue weighted by atomic mass is 10.9. The summed E-state index contributed by atoms with van der Waals surface area (Å²) in [7, 11) is 0.0263. The lowest BCUT2D eigenvalue weighted by Crippen LogP contribution is -1.98. The van der Waals surface area contributed by atoms with Gasteiger partial charge in [0.15, 0.2) is 0 Å². The van der Waals surface area contributed by atoms with Crippen LogP contribution in [0, 0.1) is 0 Å². The van der Waals surface area contributed by atoms with Crippen molar-refractivity contribution in [2.45, 2.75) is 0 Å². The van der Waals surface area contributed by atoms with Crippen molar-refractivity contribution in [3.8, 4) is 12.0 Å². The molecule has 0 spiro atoms. The molecule has 14 heavy (non-hydrogen) atoms. The van der Waals surface area contributed by atoms with Gasteiger partial charge in [0.25, 0.3) is 5.95 Å². The molecule has 8 nitrogen and oxygen atoms in total. The van der Waals surface area contributed by atoms with Crippen LogP contribution in [-0.4, -0.2) is 37.6 Å². The third kappa shape index (κ3) is 2.62. The number of ether oxygens (including phenoxy) is 2. The van der Waals surface area contributed by atoms with Gasteiger partial charge in [-0.25, -0.2) is 0 Å². The molecule has 76 valence electrons. The van der Waals surface area contributed by atoms with Crippen molar-refractivity contribution in [2.24, 2.45) is 4.36 Å². The Bertz CT molecular complexity index is 427. The molecule has 0 unspecified atom stereocenters. The molecule has 0 atom stereocenters. The van der Waals surface area contributed by atoms with Crippen molar-refractivity contribution in [3.63, 3.8) is 0 Å². The summed E-state index contributed by atoms with van der Waals surface area (Å²) in [5.41, 5.74) is 0. The summed E-state index contributed by atoms with van der Waals surface area (Å²) in [6, 6.07) is -0.137. The molecule has 1 aromatic heterocycles. The molecule has 0 N–H and O–H groups in total. The second-order valence-electron chi connectivity index (χ2n) is 1.92. The van der Waals surface area contributed by atoms with Gasteiger partial charge in [-0.3, -0.25) is 0 Å². The maximum Gasteiger partial charge on any atom is 0.324 e. The quantitative estimate of drug-likeness (QED) is 0.678. The highest BCUT2D eigenvalue weighted by atomic mass is 32.2. The zero-order chi connectivity index (χ0) is 10.6. The van der Waals surface area contributed by atoms with E-state index < -0.39 is 10.5 Å². The third-order valence-corrected chi connectivity index (χ3v) is 1.42. The van der Waals surface area contributed by atoms with Crippen LogP contribution in [0.25, 0.3) is 0 Å². The molecular formula is C5H6N4O4S. The molecule has 0 radical (unpaired) electrons. The predicted octanol–water partition coefficient (Wildman–Crippen LogP) is -0.417. The van der Waals surface area contributed by atoms with Crippen molar-refractivity contribution in [2.75, 3.05) is 14.2 Å². The molecule has 0 fully saturated rings. The van der Waals surface area contributed by atoms with Gasteiger partial charge in [-0.15, -0.1) is 4.98 Å². The Morgan fingerprint density at radius 2 is 1.57 bits per heavy atom. The van der Waals surface area contributed by atoms with Gasteiger partial charge in [-0.2, -0.15) is 18.4 Å². The van der Waals surface area contributed by atoms with Crippen LogP contribution >= 0.6 is 0 Å². The Kier molecular flexibility index (Phi) is 3.29. The second kappa shape index (κ2) is 4.46. The first-order valence-electron chi connectivity index (χ1n) is 3.31. The van der Waals surface area contributed by atoms with E-state index in [1.807, 2.05) is 0 Å². The SMILES string of the molecule is COc1nc(N=S(=O)=O)nc(OC)n1. The fourth-order valence-electron chi connectivity index (χ4n) is 0.618. The lowest BCUT2D eigenvalue weighted by Gasteiger charge is -1.99. The van der Waals surface area contributed by atoms with Crippen molar-refractivity contribution >= 4 is 16.4 Å². The number of rotatable bonds is 3. The number of aromatic nitrogens is 3. The average molecular weight is 218 g/mol. The van der Waals surface area contributed by atoms with Gasteiger partial charge in [0.1, 0.15) is 0 Å². The summed E-state index contributed by atoms with van der Waals surface area (Å²) < 4.78 is 32.9. The first-order chi connectivity index (χ1) is 6.65. The zero-order valence-corrected chi connectivity index (χ0v) is 8.15. The van der Waals surface area contributed by atoms with Gasteiger partial charge in [0, 0.05) is 0 Å². The molecule has 0 saturated carbocycles. The monoisotopic (exact) mass is 218 g/mol. The highest BCUT2D eigenvalue weighted by molar-refractivity contribution is 7.61. The standard InChI is InChI=1S/C5H6N4O4S/c1-12-4-6-3(9-14(10)11)7-5(8-4)13-2/h1-2H3. The van der Waals surface area contributed by atoms with E-state index >= 15 is 0 Å². The summed E-state index contributed by atoms with van der Waals surface area (Å²) in [6.45, 7) is 0. The van der Waals surface area contributed by atoms with Crippen LogP contribution in [0.4, 0.5) is 5.95 Å². The summed E-state index contributed by atoms with van der Waals surface area (Å²) >= 11 is 0. The number of hydrogen-bond donors (Lipinski definition) is 0. The Hall–Kier alpha value is -1.77. The smallest absolute Gasteiger partial charge is 0.324 e. The van der Waals surface area contributed by atoms with Gasteiger partial charge < -0.3 is 9.47 Å². The summed E-state index contributed by atoms with van der Waals surface area (Å²) in [6.07, 6.45) is 0. The fourth-order valence-corrected chi connectivity index (χ4v) is 0.833. The number of hydrogen-bond acceptors (Lipinski definition) is 8. The van der Waals surface area contributed by atoms with Crippen molar-refractivity contribution < 1.29 is 17.9 Å². The topological polar surface area (TPSA) is 104 Å². The average Bonchev–Trinajstić information content (AvgIpc) is 2.16. The minimum atomic E-state index is -2.63. The molecule has 0 aliphatic rings. The molecule has 1 aromatic rings. The van der Waals surface area contributed by atoms with E-state index in [9.17, 15) is 8.42 Å². The van der Waals surface area contributed by atoms with Gasteiger partial charge in [0.2, 0.25) is 0 Å². The maximum atomic E-state index is 10.2. The second-order valence-corrected chi connectivity index (χ2v) is 2.53. The molecule has 1 heterocycles. The summed E-state index contributed by atoms with van der Waals surface area (Å²) in [5.74, 6) is -0.290. The van der Waals surface area contributed by atoms with Crippen LogP contribution in [0.2, 0.25) is 0 Å². The van der Waals surface area contributed by atoms with Crippen molar-refractivity contribution in [3.05, 3.63) is 0 Å². The maximum absolute atomic E-state index is 10.2. The van der Waals surface area contributed by atoms with Crippen LogP contribution in [-0.2, 0) is 10.5 Å². The van der Waals surface area contributed by atoms with E-state index in [1.54, 1.807) is 0 Å². The van der Waals surface area contributed by atoms with E-state index in [0.717, 1.165) is 0 Å². The van der Waals surface area contributed by atoms with Crippen LogP contribution in [0.15, 0.2) is 4.36 Å². The minimum Gasteiger partial charge on any atom is -0.467 e. The first kappa shape index (κ1) is 10.3. The van der Waals surface area contributed by atoms with Gasteiger partial charge >= 0.3 is 22.5 Å². The summed E-state index contributed by atoms with van der Waals surface area (Å²) in [5, 5.41) is 0. The predicted molar refractivity (Wildman–Crippen MR) is 43.9 cm³/mol. The van der Waals surface area contributed by atoms with Crippen LogP contribution in [0.3, 0.4) is 0 Å². The largest absolute Gasteiger partial charge is 0.467 e. The van der Waals surface area contributed by atoms with E-state index in [-0.39, 0.29) is 18.0 Å². The van der Waals surface area contributed by atoms with E-state index in [1.165, 1.54) is 14.2 Å². The minimum absolute atomic E-state index is 0.0685. The van der Waals surface area contributed by atoms with Crippen molar-refractivity contribution in [1.82, 2.24) is 15.0 Å². The van der Waals surface area contributed by atoms with E-state index in [2.05, 4.69) is 28.8 Å². The van der Waals surface area contributed by atoms with Gasteiger partial charge in [-0.1, -0.05) is 4.36 Å². The van der Waals surface area contributed by atoms with Gasteiger partial charge in [0.05, 0.1) is 14.2 Å². The number of methoxy groups -OCH3 is 2. The van der Waals surface area contributed by atoms with E-state index in [0.29, 0.717) is 0 Å². The fraction of sp³-hybridized carbons (Fsp3) is 0.400. The van der Waals surface area contributed by atoms with Crippen LogP contribution in [0.1, 0.15) is 0 Å². The molecule has 0 amide bonds. The molecule has 1 rings (SSSR count). The van der Waals surface area contributed by atoms with Crippen molar-refractivity contribution in [1.29, 1.82) is 0 Å².